The van der Waals surface area contributed by atoms with Gasteiger partial charge in [-0.15, -0.1) is 0 Å². The van der Waals surface area contributed by atoms with Gasteiger partial charge in [-0.05, 0) is 30.7 Å². The molecule has 1 atom stereocenters. The Kier molecular flexibility index (Phi) is 4.31. The summed E-state index contributed by atoms with van der Waals surface area (Å²) in [6, 6.07) is 8.60. The first kappa shape index (κ1) is 11.7. The number of ether oxygens (including phenoxy) is 1. The largest absolute Gasteiger partial charge is 0.459 e. The normalized spacial score (nSPS) is 11.9. The summed E-state index contributed by atoms with van der Waals surface area (Å²) in [5.74, 6) is -0.444. The van der Waals surface area contributed by atoms with E-state index in [9.17, 15) is 9.59 Å². The van der Waals surface area contributed by atoms with Gasteiger partial charge in [0.2, 0.25) is 5.24 Å². The maximum Gasteiger partial charge on any atom is 0.338 e. The minimum Gasteiger partial charge on any atom is -0.459 e. The zero-order valence-corrected chi connectivity index (χ0v) is 9.03. The van der Waals surface area contributed by atoms with Crippen molar-refractivity contribution in [3.63, 3.8) is 0 Å². The van der Waals surface area contributed by atoms with Crippen molar-refractivity contribution < 1.29 is 14.3 Å². The molecule has 80 valence electrons. The van der Waals surface area contributed by atoms with Crippen LogP contribution in [0.5, 0.6) is 0 Å². The number of hydrogen-bond donors (Lipinski definition) is 0. The molecule has 1 rings (SSSR count). The fourth-order valence-electron chi connectivity index (χ4n) is 1.09. The Bertz CT molecular complexity index is 348. The quantitative estimate of drug-likeness (QED) is 0.585. The third kappa shape index (κ3) is 4.13. The monoisotopic (exact) mass is 226 g/mol. The molecule has 0 spiro atoms. The summed E-state index contributed by atoms with van der Waals surface area (Å²) in [5.41, 5.74) is 0.464. The Morgan fingerprint density at radius 2 is 1.93 bits per heavy atom. The number of esters is 1. The van der Waals surface area contributed by atoms with E-state index in [0.29, 0.717) is 5.56 Å². The second-order valence-electron chi connectivity index (χ2n) is 3.14. The molecule has 15 heavy (non-hydrogen) atoms. The van der Waals surface area contributed by atoms with E-state index < -0.39 is 17.3 Å². The molecule has 0 aliphatic heterocycles. The standard InChI is InChI=1S/C11H11ClO3/c1-8(7-10(12)13)15-11(14)9-5-3-2-4-6-9/h2-6,8H,7H2,1H3/t8-/m1/s1. The highest BCUT2D eigenvalue weighted by molar-refractivity contribution is 6.63. The second kappa shape index (κ2) is 5.51. The first-order valence-electron chi connectivity index (χ1n) is 4.54. The number of rotatable bonds is 4. The van der Waals surface area contributed by atoms with Crippen molar-refractivity contribution >= 4 is 22.8 Å². The lowest BCUT2D eigenvalue weighted by Gasteiger charge is -2.10. The minimum atomic E-state index is -0.511. The number of hydrogen-bond acceptors (Lipinski definition) is 3. The Morgan fingerprint density at radius 3 is 2.47 bits per heavy atom. The molecule has 0 saturated carbocycles. The van der Waals surface area contributed by atoms with Gasteiger partial charge >= 0.3 is 5.97 Å². The van der Waals surface area contributed by atoms with Crippen molar-refractivity contribution in [3.05, 3.63) is 35.9 Å². The van der Waals surface area contributed by atoms with Crippen molar-refractivity contribution in [1.29, 1.82) is 0 Å². The fraction of sp³-hybridized carbons (Fsp3) is 0.273. The van der Waals surface area contributed by atoms with Crippen LogP contribution in [-0.4, -0.2) is 17.3 Å². The SMILES string of the molecule is C[C@H](CC(=O)Cl)OC(=O)c1ccccc1. The summed E-state index contributed by atoms with van der Waals surface area (Å²) in [4.78, 5) is 22.0. The predicted octanol–water partition coefficient (Wildman–Crippen LogP) is 2.39. The number of carbonyl (C=O) groups is 2. The van der Waals surface area contributed by atoms with Gasteiger partial charge in [0.15, 0.2) is 0 Å². The topological polar surface area (TPSA) is 43.4 Å². The smallest absolute Gasteiger partial charge is 0.338 e. The van der Waals surface area contributed by atoms with E-state index in [2.05, 4.69) is 0 Å². The van der Waals surface area contributed by atoms with Crippen LogP contribution in [-0.2, 0) is 9.53 Å². The molecular formula is C11H11ClO3. The minimum absolute atomic E-state index is 0.0279. The summed E-state index contributed by atoms with van der Waals surface area (Å²) in [6.07, 6.45) is -0.470. The summed E-state index contributed by atoms with van der Waals surface area (Å²) < 4.78 is 5.00. The van der Waals surface area contributed by atoms with Crippen molar-refractivity contribution in [1.82, 2.24) is 0 Å². The van der Waals surface area contributed by atoms with Gasteiger partial charge in [0.25, 0.3) is 0 Å². The van der Waals surface area contributed by atoms with Gasteiger partial charge in [0.1, 0.15) is 6.10 Å². The molecule has 0 aliphatic rings. The van der Waals surface area contributed by atoms with Crippen molar-refractivity contribution in [3.8, 4) is 0 Å². The highest BCUT2D eigenvalue weighted by Crippen LogP contribution is 2.07. The van der Waals surface area contributed by atoms with Gasteiger partial charge < -0.3 is 4.74 Å². The highest BCUT2D eigenvalue weighted by atomic mass is 35.5. The Balaban J connectivity index is 2.53. The molecular weight excluding hydrogens is 216 g/mol. The lowest BCUT2D eigenvalue weighted by atomic mass is 10.2. The van der Waals surface area contributed by atoms with E-state index in [1.54, 1.807) is 31.2 Å². The van der Waals surface area contributed by atoms with E-state index in [-0.39, 0.29) is 6.42 Å². The average molecular weight is 227 g/mol. The van der Waals surface area contributed by atoms with Gasteiger partial charge in [-0.2, -0.15) is 0 Å². The molecule has 0 fully saturated rings. The van der Waals surface area contributed by atoms with Gasteiger partial charge in [0, 0.05) is 0 Å². The lowest BCUT2D eigenvalue weighted by molar-refractivity contribution is -0.113. The van der Waals surface area contributed by atoms with Crippen LogP contribution < -0.4 is 0 Å². The first-order valence-corrected chi connectivity index (χ1v) is 4.91. The van der Waals surface area contributed by atoms with Crippen LogP contribution >= 0.6 is 11.6 Å². The fourth-order valence-corrected chi connectivity index (χ4v) is 1.31. The summed E-state index contributed by atoms with van der Waals surface area (Å²) >= 11 is 5.17. The van der Waals surface area contributed by atoms with Crippen LogP contribution in [0.1, 0.15) is 23.7 Å². The van der Waals surface area contributed by atoms with Gasteiger partial charge in [-0.25, -0.2) is 4.79 Å². The molecule has 0 aliphatic carbocycles. The molecule has 0 amide bonds. The first-order chi connectivity index (χ1) is 7.09. The summed E-state index contributed by atoms with van der Waals surface area (Å²) in [5, 5.41) is -0.511. The summed E-state index contributed by atoms with van der Waals surface area (Å²) in [7, 11) is 0. The average Bonchev–Trinajstić information content (AvgIpc) is 2.17. The molecule has 1 aromatic rings. The molecule has 0 heterocycles. The third-order valence-corrected chi connectivity index (χ3v) is 1.92. The molecule has 0 bridgehead atoms. The van der Waals surface area contributed by atoms with E-state index in [1.807, 2.05) is 6.07 Å². The highest BCUT2D eigenvalue weighted by Gasteiger charge is 2.13. The molecule has 0 saturated heterocycles. The van der Waals surface area contributed by atoms with E-state index >= 15 is 0 Å². The van der Waals surface area contributed by atoms with E-state index in [4.69, 9.17) is 16.3 Å². The van der Waals surface area contributed by atoms with Crippen molar-refractivity contribution in [2.75, 3.05) is 0 Å². The van der Waals surface area contributed by atoms with Gasteiger partial charge in [0.05, 0.1) is 12.0 Å². The zero-order valence-electron chi connectivity index (χ0n) is 8.27. The van der Waals surface area contributed by atoms with Crippen LogP contribution in [0.4, 0.5) is 0 Å². The number of benzene rings is 1. The predicted molar refractivity (Wildman–Crippen MR) is 56.8 cm³/mol. The second-order valence-corrected chi connectivity index (χ2v) is 3.56. The number of carbonyl (C=O) groups excluding carboxylic acids is 2. The Labute approximate surface area is 93.0 Å². The van der Waals surface area contributed by atoms with Crippen LogP contribution in [0.15, 0.2) is 30.3 Å². The third-order valence-electron chi connectivity index (χ3n) is 1.77. The Morgan fingerprint density at radius 1 is 1.33 bits per heavy atom. The van der Waals surface area contributed by atoms with E-state index in [0.717, 1.165) is 0 Å². The van der Waals surface area contributed by atoms with Gasteiger partial charge in [-0.1, -0.05) is 18.2 Å². The maximum absolute atomic E-state index is 11.5. The van der Waals surface area contributed by atoms with Crippen molar-refractivity contribution in [2.45, 2.75) is 19.4 Å². The molecule has 4 heteroatoms. The van der Waals surface area contributed by atoms with Crippen LogP contribution in [0.3, 0.4) is 0 Å². The lowest BCUT2D eigenvalue weighted by Crippen LogP contribution is -2.16. The molecule has 1 aromatic carbocycles. The molecule has 0 aromatic heterocycles. The maximum atomic E-state index is 11.5. The number of halogens is 1. The molecule has 3 nitrogen and oxygen atoms in total. The zero-order chi connectivity index (χ0) is 11.3. The van der Waals surface area contributed by atoms with Crippen molar-refractivity contribution in [2.24, 2.45) is 0 Å². The molecule has 0 unspecified atom stereocenters. The van der Waals surface area contributed by atoms with Crippen LogP contribution in [0.2, 0.25) is 0 Å². The van der Waals surface area contributed by atoms with Gasteiger partial charge in [-0.3, -0.25) is 4.79 Å². The Hall–Kier alpha value is -1.35. The molecule has 0 radical (unpaired) electrons. The van der Waals surface area contributed by atoms with Crippen LogP contribution in [0.25, 0.3) is 0 Å². The van der Waals surface area contributed by atoms with Crippen LogP contribution in [0, 0.1) is 0 Å². The molecule has 0 N–H and O–H groups in total. The summed E-state index contributed by atoms with van der Waals surface area (Å²) in [6.45, 7) is 1.63. The van der Waals surface area contributed by atoms with E-state index in [1.165, 1.54) is 0 Å².